The van der Waals surface area contributed by atoms with Gasteiger partial charge in [0.2, 0.25) is 0 Å². The molecule has 0 bridgehead atoms. The quantitative estimate of drug-likeness (QED) is 0.741. The van der Waals surface area contributed by atoms with E-state index in [4.69, 9.17) is 5.26 Å². The van der Waals surface area contributed by atoms with E-state index in [0.717, 1.165) is 0 Å². The minimum absolute atomic E-state index is 0.414. The van der Waals surface area contributed by atoms with E-state index in [-0.39, 0.29) is 0 Å². The minimum Gasteiger partial charge on any atom is -0.315 e. The van der Waals surface area contributed by atoms with E-state index < -0.39 is 6.03 Å². The average Bonchev–Trinajstić information content (AvgIpc) is 2.19. The number of nitriles is 1. The van der Waals surface area contributed by atoms with Crippen LogP contribution in [0, 0.1) is 11.3 Å². The molecule has 4 heteroatoms. The summed E-state index contributed by atoms with van der Waals surface area (Å²) in [4.78, 5) is 11.1. The summed E-state index contributed by atoms with van der Waals surface area (Å²) in [5.74, 6) is 0. The van der Waals surface area contributed by atoms with E-state index in [1.54, 1.807) is 24.3 Å². The summed E-state index contributed by atoms with van der Waals surface area (Å²) in [6, 6.07) is 8.31. The molecule has 1 aromatic rings. The van der Waals surface area contributed by atoms with Gasteiger partial charge in [0, 0.05) is 0 Å². The molecule has 0 unspecified atom stereocenters. The molecule has 0 saturated carbocycles. The van der Waals surface area contributed by atoms with Gasteiger partial charge >= 0.3 is 6.03 Å². The third-order valence-electron chi connectivity index (χ3n) is 1.53. The van der Waals surface area contributed by atoms with Gasteiger partial charge in [-0.3, -0.25) is 0 Å². The Kier molecular flexibility index (Phi) is 3.27. The van der Waals surface area contributed by atoms with Crippen LogP contribution in [0.5, 0.6) is 0 Å². The summed E-state index contributed by atoms with van der Waals surface area (Å²) in [5, 5.41) is 13.6. The second-order valence-corrected chi connectivity index (χ2v) is 2.46. The first-order valence-corrected chi connectivity index (χ1v) is 3.95. The minimum atomic E-state index is -0.414. The van der Waals surface area contributed by atoms with Gasteiger partial charge in [-0.15, -0.1) is 0 Å². The summed E-state index contributed by atoms with van der Waals surface area (Å²) >= 11 is 0. The summed E-state index contributed by atoms with van der Waals surface area (Å²) in [6.45, 7) is 3.35. The number of nitrogens with zero attached hydrogens (tertiary/aromatic N) is 1. The molecule has 0 heterocycles. The molecule has 4 nitrogen and oxygen atoms in total. The Bertz CT molecular complexity index is 393. The third-order valence-corrected chi connectivity index (χ3v) is 1.53. The van der Waals surface area contributed by atoms with Gasteiger partial charge in [0.15, 0.2) is 0 Å². The van der Waals surface area contributed by atoms with Crippen molar-refractivity contribution in [2.45, 2.75) is 0 Å². The summed E-state index contributed by atoms with van der Waals surface area (Å²) in [7, 11) is 0. The van der Waals surface area contributed by atoms with Crippen LogP contribution in [0.3, 0.4) is 0 Å². The van der Waals surface area contributed by atoms with E-state index >= 15 is 0 Å². The van der Waals surface area contributed by atoms with Gasteiger partial charge in [-0.1, -0.05) is 18.7 Å². The molecule has 14 heavy (non-hydrogen) atoms. The Morgan fingerprint density at radius 2 is 2.21 bits per heavy atom. The normalized spacial score (nSPS) is 8.50. The Labute approximate surface area is 81.9 Å². The van der Waals surface area contributed by atoms with Crippen LogP contribution in [0.25, 0.3) is 0 Å². The van der Waals surface area contributed by atoms with Crippen LogP contribution in [0.4, 0.5) is 10.5 Å². The van der Waals surface area contributed by atoms with Crippen molar-refractivity contribution in [3.05, 3.63) is 42.6 Å². The smallest absolute Gasteiger partial charge is 0.315 e. The number of anilines is 1. The first-order chi connectivity index (χ1) is 6.77. The molecule has 70 valence electrons. The van der Waals surface area contributed by atoms with E-state index in [1.807, 2.05) is 6.07 Å². The lowest BCUT2D eigenvalue weighted by Crippen LogP contribution is -2.23. The molecular formula is C10H9N3O. The fourth-order valence-electron chi connectivity index (χ4n) is 0.941. The SMILES string of the molecule is C=CNC(=O)Nc1ccccc1C#N. The van der Waals surface area contributed by atoms with E-state index in [9.17, 15) is 4.79 Å². The van der Waals surface area contributed by atoms with Gasteiger partial charge in [0.25, 0.3) is 0 Å². The maximum Gasteiger partial charge on any atom is 0.323 e. The van der Waals surface area contributed by atoms with Crippen molar-refractivity contribution < 1.29 is 4.79 Å². The molecule has 0 aliphatic heterocycles. The van der Waals surface area contributed by atoms with E-state index in [2.05, 4.69) is 17.2 Å². The van der Waals surface area contributed by atoms with E-state index in [0.29, 0.717) is 11.3 Å². The zero-order valence-electron chi connectivity index (χ0n) is 7.45. The highest BCUT2D eigenvalue weighted by Crippen LogP contribution is 2.12. The third kappa shape index (κ3) is 2.35. The Balaban J connectivity index is 2.81. The number of nitrogens with one attached hydrogen (secondary N) is 2. The maximum absolute atomic E-state index is 11.1. The first-order valence-electron chi connectivity index (χ1n) is 3.95. The molecule has 0 aliphatic carbocycles. The van der Waals surface area contributed by atoms with E-state index in [1.165, 1.54) is 6.20 Å². The molecule has 1 rings (SSSR count). The van der Waals surface area contributed by atoms with Crippen molar-refractivity contribution in [2.75, 3.05) is 5.32 Å². The van der Waals surface area contributed by atoms with Crippen molar-refractivity contribution >= 4 is 11.7 Å². The van der Waals surface area contributed by atoms with Crippen molar-refractivity contribution in [3.8, 4) is 6.07 Å². The lowest BCUT2D eigenvalue weighted by molar-refractivity contribution is 0.255. The highest BCUT2D eigenvalue weighted by Gasteiger charge is 2.03. The first kappa shape index (κ1) is 9.81. The van der Waals surface area contributed by atoms with Crippen LogP contribution >= 0.6 is 0 Å². The lowest BCUT2D eigenvalue weighted by atomic mass is 10.2. The molecule has 0 fully saturated rings. The Morgan fingerprint density at radius 1 is 1.50 bits per heavy atom. The molecule has 0 saturated heterocycles. The zero-order chi connectivity index (χ0) is 10.4. The predicted molar refractivity (Wildman–Crippen MR) is 53.5 cm³/mol. The van der Waals surface area contributed by atoms with Crippen LogP contribution in [-0.2, 0) is 0 Å². The number of carbonyl (C=O) groups excluding carboxylic acids is 1. The highest BCUT2D eigenvalue weighted by atomic mass is 16.2. The number of carbonyl (C=O) groups is 1. The second-order valence-electron chi connectivity index (χ2n) is 2.46. The highest BCUT2D eigenvalue weighted by molar-refractivity contribution is 5.91. The van der Waals surface area contributed by atoms with Crippen molar-refractivity contribution in [3.63, 3.8) is 0 Å². The molecule has 0 radical (unpaired) electrons. The number of benzene rings is 1. The molecule has 0 spiro atoms. The number of rotatable bonds is 2. The molecule has 0 aromatic heterocycles. The Hall–Kier alpha value is -2.28. The standard InChI is InChI=1S/C10H9N3O/c1-2-12-10(14)13-9-6-4-3-5-8(9)7-11/h2-6H,1H2,(H2,12,13,14). The van der Waals surface area contributed by atoms with Crippen molar-refractivity contribution in [2.24, 2.45) is 0 Å². The number of amides is 2. The molecule has 0 aliphatic rings. The van der Waals surface area contributed by atoms with Crippen molar-refractivity contribution in [1.29, 1.82) is 5.26 Å². The number of hydrogen-bond acceptors (Lipinski definition) is 2. The predicted octanol–water partition coefficient (Wildman–Crippen LogP) is 1.82. The number of hydrogen-bond donors (Lipinski definition) is 2. The van der Waals surface area contributed by atoms with Gasteiger partial charge in [-0.25, -0.2) is 4.79 Å². The van der Waals surface area contributed by atoms with Crippen LogP contribution in [0.2, 0.25) is 0 Å². The number of para-hydroxylation sites is 1. The van der Waals surface area contributed by atoms with Crippen LogP contribution in [-0.4, -0.2) is 6.03 Å². The van der Waals surface area contributed by atoms with Crippen LogP contribution < -0.4 is 10.6 Å². The summed E-state index contributed by atoms with van der Waals surface area (Å²) in [5.41, 5.74) is 0.904. The maximum atomic E-state index is 11.1. The average molecular weight is 187 g/mol. The Morgan fingerprint density at radius 3 is 2.86 bits per heavy atom. The topological polar surface area (TPSA) is 64.9 Å². The summed E-state index contributed by atoms with van der Waals surface area (Å²) in [6.07, 6.45) is 1.27. The summed E-state index contributed by atoms with van der Waals surface area (Å²) < 4.78 is 0. The van der Waals surface area contributed by atoms with Gasteiger partial charge in [-0.05, 0) is 18.3 Å². The van der Waals surface area contributed by atoms with Gasteiger partial charge in [-0.2, -0.15) is 5.26 Å². The lowest BCUT2D eigenvalue weighted by Gasteiger charge is -2.05. The zero-order valence-corrected chi connectivity index (χ0v) is 7.45. The van der Waals surface area contributed by atoms with Gasteiger partial charge in [0.1, 0.15) is 6.07 Å². The largest absolute Gasteiger partial charge is 0.323 e. The monoisotopic (exact) mass is 187 g/mol. The van der Waals surface area contributed by atoms with Crippen molar-refractivity contribution in [1.82, 2.24) is 5.32 Å². The molecule has 2 amide bonds. The second kappa shape index (κ2) is 4.67. The van der Waals surface area contributed by atoms with Gasteiger partial charge in [0.05, 0.1) is 11.3 Å². The molecule has 1 aromatic carbocycles. The van der Waals surface area contributed by atoms with Crippen LogP contribution in [0.1, 0.15) is 5.56 Å². The molecular weight excluding hydrogens is 178 g/mol. The number of urea groups is 1. The van der Waals surface area contributed by atoms with Gasteiger partial charge < -0.3 is 10.6 Å². The fraction of sp³-hybridized carbons (Fsp3) is 0. The fourth-order valence-corrected chi connectivity index (χ4v) is 0.941. The molecule has 2 N–H and O–H groups in total. The van der Waals surface area contributed by atoms with Crippen LogP contribution in [0.15, 0.2) is 37.0 Å². The molecule has 0 atom stereocenters.